The molecule has 1 unspecified atom stereocenters. The fourth-order valence-corrected chi connectivity index (χ4v) is 5.36. The van der Waals surface area contributed by atoms with Crippen LogP contribution in [0.15, 0.2) is 48.8 Å². The number of pyridine rings is 1. The summed E-state index contributed by atoms with van der Waals surface area (Å²) < 4.78 is 26.4. The Kier molecular flexibility index (Phi) is 4.59. The number of sulfonamides is 1. The predicted octanol–water partition coefficient (Wildman–Crippen LogP) is 2.90. The highest BCUT2D eigenvalue weighted by Crippen LogP contribution is 2.44. The largest absolute Gasteiger partial charge is 0.593 e. The lowest BCUT2D eigenvalue weighted by atomic mass is 9.71. The molecule has 0 saturated carbocycles. The molecule has 5 nitrogen and oxygen atoms in total. The molecule has 1 saturated heterocycles. The van der Waals surface area contributed by atoms with Crippen LogP contribution in [0, 0.1) is 5.41 Å². The minimum atomic E-state index is -3.27. The fourth-order valence-electron chi connectivity index (χ4n) is 4.32. The van der Waals surface area contributed by atoms with Crippen LogP contribution in [0.5, 0.6) is 0 Å². The van der Waals surface area contributed by atoms with Gasteiger partial charge in [0.25, 0.3) is 0 Å². The van der Waals surface area contributed by atoms with Gasteiger partial charge in [0.2, 0.25) is 0 Å². The topological polar surface area (TPSA) is 59.5 Å². The molecule has 6 heteroatoms. The van der Waals surface area contributed by atoms with Gasteiger partial charge in [-0.15, -0.1) is 0 Å². The summed E-state index contributed by atoms with van der Waals surface area (Å²) in [7, 11) is -3.27. The van der Waals surface area contributed by atoms with E-state index in [1.54, 1.807) is 10.5 Å². The highest BCUT2D eigenvalue weighted by molar-refractivity contribution is 7.98. The van der Waals surface area contributed by atoms with E-state index in [4.69, 9.17) is 0 Å². The standard InChI is InChI=1S/C20H25N3O2S/c1-26(24,25)23-16-20(13-18-6-2-3-7-19(18)23)8-11-22(12-9-20)15-17-5-4-10-21-14-17/h2-7,10,14H,8-9,11-13,15-16H2,1H3. The van der Waals surface area contributed by atoms with Crippen molar-refractivity contribution in [1.82, 2.24) is 9.88 Å². The maximum Gasteiger partial charge on any atom is 0.145 e. The SMILES string of the molecule is C[S+](=O)([O-])N1CC2(CCN(Cc3cccnc3)CC2)Cc2ccccc21. The second kappa shape index (κ2) is 6.76. The van der Waals surface area contributed by atoms with E-state index in [2.05, 4.69) is 22.0 Å². The maximum absolute atomic E-state index is 12.4. The number of hydrogen-bond acceptors (Lipinski definition) is 4. The molecule has 4 rings (SSSR count). The number of piperidine rings is 1. The molecule has 0 amide bonds. The summed E-state index contributed by atoms with van der Waals surface area (Å²) in [5, 5.41) is 0. The lowest BCUT2D eigenvalue weighted by Crippen LogP contribution is -2.52. The molecule has 2 aliphatic heterocycles. The van der Waals surface area contributed by atoms with Crippen molar-refractivity contribution in [3.8, 4) is 0 Å². The molecule has 1 atom stereocenters. The number of aromatic nitrogens is 1. The molecule has 0 N–H and O–H groups in total. The van der Waals surface area contributed by atoms with Gasteiger partial charge in [-0.05, 0) is 61.0 Å². The third kappa shape index (κ3) is 3.54. The Bertz CT molecular complexity index is 813. The lowest BCUT2D eigenvalue weighted by molar-refractivity contribution is 0.102. The second-order valence-corrected chi connectivity index (χ2v) is 9.62. The van der Waals surface area contributed by atoms with Crippen LogP contribution >= 0.6 is 0 Å². The molecule has 26 heavy (non-hydrogen) atoms. The number of fused-ring (bicyclic) bond motifs is 1. The first kappa shape index (κ1) is 17.6. The molecule has 1 aromatic heterocycles. The molecule has 1 spiro atoms. The van der Waals surface area contributed by atoms with Crippen molar-refractivity contribution in [3.63, 3.8) is 0 Å². The minimum Gasteiger partial charge on any atom is -0.593 e. The van der Waals surface area contributed by atoms with Gasteiger partial charge >= 0.3 is 0 Å². The van der Waals surface area contributed by atoms with Crippen molar-refractivity contribution in [3.05, 3.63) is 59.9 Å². The van der Waals surface area contributed by atoms with E-state index in [1.165, 1.54) is 11.8 Å². The number of para-hydroxylation sites is 1. The number of hydrogen-bond donors (Lipinski definition) is 0. The van der Waals surface area contributed by atoms with Crippen LogP contribution in [0.3, 0.4) is 0 Å². The van der Waals surface area contributed by atoms with Crippen molar-refractivity contribution in [1.29, 1.82) is 0 Å². The average Bonchev–Trinajstić information content (AvgIpc) is 2.63. The average molecular weight is 372 g/mol. The van der Waals surface area contributed by atoms with Crippen LogP contribution in [0.4, 0.5) is 5.69 Å². The van der Waals surface area contributed by atoms with Crippen LogP contribution in [-0.2, 0) is 27.6 Å². The van der Waals surface area contributed by atoms with Crippen LogP contribution in [0.1, 0.15) is 24.0 Å². The Morgan fingerprint density at radius 3 is 2.65 bits per heavy atom. The van der Waals surface area contributed by atoms with Crippen molar-refractivity contribution < 1.29 is 8.76 Å². The zero-order valence-electron chi connectivity index (χ0n) is 15.1. The summed E-state index contributed by atoms with van der Waals surface area (Å²) >= 11 is 0. The number of anilines is 1. The van der Waals surface area contributed by atoms with Gasteiger partial charge in [-0.25, -0.2) is 0 Å². The molecule has 2 aromatic rings. The normalized spacial score (nSPS) is 22.0. The van der Waals surface area contributed by atoms with E-state index in [0.29, 0.717) is 6.54 Å². The van der Waals surface area contributed by atoms with Gasteiger partial charge in [0.15, 0.2) is 0 Å². The first-order chi connectivity index (χ1) is 12.5. The monoisotopic (exact) mass is 371 g/mol. The Balaban J connectivity index is 1.51. The van der Waals surface area contributed by atoms with E-state index in [9.17, 15) is 8.76 Å². The van der Waals surface area contributed by atoms with Gasteiger partial charge in [0, 0.05) is 18.9 Å². The van der Waals surface area contributed by atoms with E-state index in [0.717, 1.165) is 50.1 Å². The minimum absolute atomic E-state index is 0.0445. The van der Waals surface area contributed by atoms with Crippen molar-refractivity contribution >= 4 is 16.1 Å². The Morgan fingerprint density at radius 1 is 1.19 bits per heavy atom. The van der Waals surface area contributed by atoms with Crippen molar-refractivity contribution in [2.75, 3.05) is 30.2 Å². The molecular formula is C20H25N3O2S. The first-order valence-electron chi connectivity index (χ1n) is 9.12. The summed E-state index contributed by atoms with van der Waals surface area (Å²) in [6.45, 7) is 3.50. The lowest BCUT2D eigenvalue weighted by Gasteiger charge is -2.48. The fraction of sp³-hybridized carbons (Fsp3) is 0.450. The Hall–Kier alpha value is -1.76. The van der Waals surface area contributed by atoms with Gasteiger partial charge in [-0.2, -0.15) is 4.31 Å². The zero-order chi connectivity index (χ0) is 18.2. The third-order valence-corrected chi connectivity index (χ3v) is 6.88. The maximum atomic E-state index is 12.4. The summed E-state index contributed by atoms with van der Waals surface area (Å²) in [5.74, 6) is 0. The van der Waals surface area contributed by atoms with Crippen molar-refractivity contribution in [2.45, 2.75) is 25.8 Å². The smallest absolute Gasteiger partial charge is 0.145 e. The Labute approximate surface area is 156 Å². The highest BCUT2D eigenvalue weighted by atomic mass is 32.3. The molecule has 1 fully saturated rings. The van der Waals surface area contributed by atoms with E-state index >= 15 is 0 Å². The summed E-state index contributed by atoms with van der Waals surface area (Å²) in [6.07, 6.45) is 8.05. The van der Waals surface area contributed by atoms with Gasteiger partial charge in [0.05, 0.1) is 12.2 Å². The Morgan fingerprint density at radius 2 is 1.96 bits per heavy atom. The molecule has 1 aromatic carbocycles. The van der Waals surface area contributed by atoms with Crippen LogP contribution in [-0.4, -0.2) is 40.3 Å². The number of rotatable bonds is 3. The second-order valence-electron chi connectivity index (χ2n) is 7.71. The number of benzene rings is 1. The molecular weight excluding hydrogens is 346 g/mol. The third-order valence-electron chi connectivity index (χ3n) is 5.75. The molecule has 0 radical (unpaired) electrons. The molecule has 0 aliphatic carbocycles. The quantitative estimate of drug-likeness (QED) is 0.779. The van der Waals surface area contributed by atoms with Gasteiger partial charge in [-0.3, -0.25) is 9.88 Å². The van der Waals surface area contributed by atoms with E-state index < -0.39 is 10.4 Å². The number of likely N-dealkylation sites (tertiary alicyclic amines) is 1. The van der Waals surface area contributed by atoms with Crippen molar-refractivity contribution in [2.24, 2.45) is 5.41 Å². The molecule has 2 aliphatic rings. The summed E-state index contributed by atoms with van der Waals surface area (Å²) in [4.78, 5) is 6.65. The molecule has 3 heterocycles. The highest BCUT2D eigenvalue weighted by Gasteiger charge is 2.44. The van der Waals surface area contributed by atoms with E-state index in [-0.39, 0.29) is 5.41 Å². The van der Waals surface area contributed by atoms with Gasteiger partial charge in [0.1, 0.15) is 16.7 Å². The van der Waals surface area contributed by atoms with Gasteiger partial charge < -0.3 is 4.55 Å². The summed E-state index contributed by atoms with van der Waals surface area (Å²) in [5.41, 5.74) is 3.29. The molecule has 138 valence electrons. The van der Waals surface area contributed by atoms with Gasteiger partial charge in [-0.1, -0.05) is 28.5 Å². The van der Waals surface area contributed by atoms with Crippen LogP contribution in [0.25, 0.3) is 0 Å². The van der Waals surface area contributed by atoms with E-state index in [1.807, 2.05) is 30.5 Å². The molecule has 0 bridgehead atoms. The predicted molar refractivity (Wildman–Crippen MR) is 103 cm³/mol. The van der Waals surface area contributed by atoms with Crippen LogP contribution in [0.2, 0.25) is 0 Å². The summed E-state index contributed by atoms with van der Waals surface area (Å²) in [6, 6.07) is 12.0. The zero-order valence-corrected chi connectivity index (χ0v) is 16.0. The first-order valence-corrected chi connectivity index (χ1v) is 11.0. The van der Waals surface area contributed by atoms with Crippen LogP contribution < -0.4 is 4.31 Å². The number of nitrogens with zero attached hydrogens (tertiary/aromatic N) is 3.